The normalized spacial score (nSPS) is 10.3. The van der Waals surface area contributed by atoms with Gasteiger partial charge in [0.1, 0.15) is 5.82 Å². The maximum absolute atomic E-state index is 11.7. The molecular formula is C18H25N5O. The predicted octanol–water partition coefficient (Wildman–Crippen LogP) is 4.09. The number of aromatic nitrogens is 2. The largest absolute Gasteiger partial charge is 0.370 e. The lowest BCUT2D eigenvalue weighted by atomic mass is 10.2. The van der Waals surface area contributed by atoms with Crippen molar-refractivity contribution in [2.75, 3.05) is 22.5 Å². The van der Waals surface area contributed by atoms with Crippen molar-refractivity contribution in [3.8, 4) is 0 Å². The second-order valence-corrected chi connectivity index (χ2v) is 5.60. The van der Waals surface area contributed by atoms with Gasteiger partial charge in [-0.2, -0.15) is 4.98 Å². The van der Waals surface area contributed by atoms with Crippen molar-refractivity contribution < 1.29 is 4.79 Å². The lowest BCUT2D eigenvalue weighted by molar-refractivity contribution is -0.116. The minimum atomic E-state index is 0.0508. The van der Waals surface area contributed by atoms with Crippen LogP contribution in [0.2, 0.25) is 0 Å². The summed E-state index contributed by atoms with van der Waals surface area (Å²) < 4.78 is 0. The van der Waals surface area contributed by atoms with Gasteiger partial charge in [0.25, 0.3) is 0 Å². The highest BCUT2D eigenvalue weighted by atomic mass is 16.1. The molecule has 0 saturated carbocycles. The Morgan fingerprint density at radius 1 is 1.08 bits per heavy atom. The standard InChI is InChI=1S/C18H25N5O/c1-4-6-7-17(24)21-14-8-10-15(11-9-14)22-18-20-13(3)12-16(23-18)19-5-2/h8-12H,4-7H2,1-3H3,(H,21,24)(H2,19,20,22,23). The summed E-state index contributed by atoms with van der Waals surface area (Å²) in [6.45, 7) is 6.84. The number of amides is 1. The first kappa shape index (κ1) is 17.7. The van der Waals surface area contributed by atoms with E-state index >= 15 is 0 Å². The summed E-state index contributed by atoms with van der Waals surface area (Å²) >= 11 is 0. The van der Waals surface area contributed by atoms with Crippen molar-refractivity contribution in [1.29, 1.82) is 0 Å². The minimum absolute atomic E-state index is 0.0508. The molecule has 0 aliphatic rings. The number of unbranched alkanes of at least 4 members (excludes halogenated alkanes) is 1. The molecule has 6 heteroatoms. The van der Waals surface area contributed by atoms with Gasteiger partial charge in [0, 0.05) is 36.1 Å². The summed E-state index contributed by atoms with van der Waals surface area (Å²) in [4.78, 5) is 20.5. The average Bonchev–Trinajstić information content (AvgIpc) is 2.54. The van der Waals surface area contributed by atoms with Gasteiger partial charge in [-0.25, -0.2) is 4.98 Å². The highest BCUT2D eigenvalue weighted by molar-refractivity contribution is 5.90. The predicted molar refractivity (Wildman–Crippen MR) is 98.8 cm³/mol. The molecule has 24 heavy (non-hydrogen) atoms. The Kier molecular flexibility index (Phi) is 6.54. The zero-order chi connectivity index (χ0) is 17.4. The molecule has 0 saturated heterocycles. The van der Waals surface area contributed by atoms with Crippen LogP contribution >= 0.6 is 0 Å². The van der Waals surface area contributed by atoms with E-state index in [9.17, 15) is 4.79 Å². The van der Waals surface area contributed by atoms with Crippen LogP contribution in [0, 0.1) is 6.92 Å². The summed E-state index contributed by atoms with van der Waals surface area (Å²) in [6.07, 6.45) is 2.48. The second kappa shape index (κ2) is 8.86. The van der Waals surface area contributed by atoms with Gasteiger partial charge in [-0.3, -0.25) is 4.79 Å². The van der Waals surface area contributed by atoms with E-state index in [4.69, 9.17) is 0 Å². The van der Waals surface area contributed by atoms with Crippen LogP contribution in [0.5, 0.6) is 0 Å². The van der Waals surface area contributed by atoms with Gasteiger partial charge in [-0.15, -0.1) is 0 Å². The zero-order valence-corrected chi connectivity index (χ0v) is 14.5. The summed E-state index contributed by atoms with van der Waals surface area (Å²) in [5, 5.41) is 9.26. The number of aryl methyl sites for hydroxylation is 1. The lowest BCUT2D eigenvalue weighted by Gasteiger charge is -2.10. The Morgan fingerprint density at radius 2 is 1.79 bits per heavy atom. The zero-order valence-electron chi connectivity index (χ0n) is 14.5. The number of nitrogens with zero attached hydrogens (tertiary/aromatic N) is 2. The first-order chi connectivity index (χ1) is 11.6. The van der Waals surface area contributed by atoms with E-state index < -0.39 is 0 Å². The molecule has 1 heterocycles. The molecule has 1 amide bonds. The van der Waals surface area contributed by atoms with Gasteiger partial charge >= 0.3 is 0 Å². The molecule has 1 aromatic heterocycles. The van der Waals surface area contributed by atoms with Gasteiger partial charge < -0.3 is 16.0 Å². The first-order valence-electron chi connectivity index (χ1n) is 8.37. The van der Waals surface area contributed by atoms with Gasteiger partial charge in [0.2, 0.25) is 11.9 Å². The van der Waals surface area contributed by atoms with Crippen molar-refractivity contribution in [3.05, 3.63) is 36.0 Å². The third-order valence-electron chi connectivity index (χ3n) is 3.39. The number of hydrogen-bond donors (Lipinski definition) is 3. The van der Waals surface area contributed by atoms with Crippen LogP contribution in [0.25, 0.3) is 0 Å². The second-order valence-electron chi connectivity index (χ2n) is 5.60. The maximum atomic E-state index is 11.7. The fourth-order valence-electron chi connectivity index (χ4n) is 2.22. The van der Waals surface area contributed by atoms with E-state index in [1.165, 1.54) is 0 Å². The summed E-state index contributed by atoms with van der Waals surface area (Å²) in [5.41, 5.74) is 2.55. The van der Waals surface area contributed by atoms with Gasteiger partial charge in [0.15, 0.2) is 0 Å². The molecule has 1 aromatic carbocycles. The van der Waals surface area contributed by atoms with E-state index in [0.29, 0.717) is 12.4 Å². The number of rotatable bonds is 8. The van der Waals surface area contributed by atoms with E-state index in [-0.39, 0.29) is 5.91 Å². The summed E-state index contributed by atoms with van der Waals surface area (Å²) in [6, 6.07) is 9.44. The van der Waals surface area contributed by atoms with Gasteiger partial charge in [-0.05, 0) is 44.5 Å². The van der Waals surface area contributed by atoms with E-state index in [1.54, 1.807) is 0 Å². The lowest BCUT2D eigenvalue weighted by Crippen LogP contribution is -2.10. The van der Waals surface area contributed by atoms with Crippen LogP contribution < -0.4 is 16.0 Å². The third-order valence-corrected chi connectivity index (χ3v) is 3.39. The van der Waals surface area contributed by atoms with Crippen LogP contribution in [-0.4, -0.2) is 22.4 Å². The monoisotopic (exact) mass is 327 g/mol. The molecule has 3 N–H and O–H groups in total. The molecule has 2 rings (SSSR count). The summed E-state index contributed by atoms with van der Waals surface area (Å²) in [5.74, 6) is 1.40. The number of hydrogen-bond acceptors (Lipinski definition) is 5. The number of nitrogens with one attached hydrogen (secondary N) is 3. The molecule has 6 nitrogen and oxygen atoms in total. The molecular weight excluding hydrogens is 302 g/mol. The maximum Gasteiger partial charge on any atom is 0.229 e. The topological polar surface area (TPSA) is 78.9 Å². The van der Waals surface area contributed by atoms with Crippen LogP contribution in [0.15, 0.2) is 30.3 Å². The SMILES string of the molecule is CCCCC(=O)Nc1ccc(Nc2nc(C)cc(NCC)n2)cc1. The van der Waals surface area contributed by atoms with Crippen molar-refractivity contribution in [1.82, 2.24) is 9.97 Å². The van der Waals surface area contributed by atoms with Crippen LogP contribution in [-0.2, 0) is 4.79 Å². The Labute approximate surface area is 143 Å². The summed E-state index contributed by atoms with van der Waals surface area (Å²) in [7, 11) is 0. The number of benzene rings is 1. The molecule has 0 fully saturated rings. The van der Waals surface area contributed by atoms with Crippen molar-refractivity contribution >= 4 is 29.0 Å². The fraction of sp³-hybridized carbons (Fsp3) is 0.389. The molecule has 0 unspecified atom stereocenters. The number of anilines is 4. The van der Waals surface area contributed by atoms with Crippen molar-refractivity contribution in [2.24, 2.45) is 0 Å². The van der Waals surface area contributed by atoms with Gasteiger partial charge in [-0.1, -0.05) is 13.3 Å². The Bertz CT molecular complexity index is 670. The van der Waals surface area contributed by atoms with Gasteiger partial charge in [0.05, 0.1) is 0 Å². The molecule has 0 bridgehead atoms. The number of carbonyl (C=O) groups is 1. The Hall–Kier alpha value is -2.63. The van der Waals surface area contributed by atoms with Crippen LogP contribution in [0.4, 0.5) is 23.1 Å². The fourth-order valence-corrected chi connectivity index (χ4v) is 2.22. The number of carbonyl (C=O) groups excluding carboxylic acids is 1. The quantitative estimate of drug-likeness (QED) is 0.680. The smallest absolute Gasteiger partial charge is 0.229 e. The van der Waals surface area contributed by atoms with Crippen molar-refractivity contribution in [3.63, 3.8) is 0 Å². The van der Waals surface area contributed by atoms with E-state index in [1.807, 2.05) is 44.2 Å². The molecule has 0 atom stereocenters. The van der Waals surface area contributed by atoms with Crippen LogP contribution in [0.3, 0.4) is 0 Å². The highest BCUT2D eigenvalue weighted by Gasteiger charge is 2.04. The Morgan fingerprint density at radius 3 is 2.46 bits per heavy atom. The molecule has 0 radical (unpaired) electrons. The molecule has 0 spiro atoms. The molecule has 2 aromatic rings. The Balaban J connectivity index is 2.00. The van der Waals surface area contributed by atoms with Crippen LogP contribution in [0.1, 0.15) is 38.8 Å². The molecule has 0 aliphatic heterocycles. The average molecular weight is 327 g/mol. The first-order valence-corrected chi connectivity index (χ1v) is 8.37. The third kappa shape index (κ3) is 5.53. The van der Waals surface area contributed by atoms with Crippen molar-refractivity contribution in [2.45, 2.75) is 40.0 Å². The highest BCUT2D eigenvalue weighted by Crippen LogP contribution is 2.18. The molecule has 128 valence electrons. The van der Waals surface area contributed by atoms with E-state index in [2.05, 4.69) is 32.8 Å². The minimum Gasteiger partial charge on any atom is -0.370 e. The van der Waals surface area contributed by atoms with E-state index in [0.717, 1.165) is 42.3 Å². The molecule has 0 aliphatic carbocycles.